The minimum Gasteiger partial charge on any atom is -0.312 e. The van der Waals surface area contributed by atoms with Crippen molar-refractivity contribution in [2.24, 2.45) is 5.73 Å². The predicted octanol–water partition coefficient (Wildman–Crippen LogP) is 11.2. The normalized spacial score (nSPS) is 14.4. The van der Waals surface area contributed by atoms with Gasteiger partial charge in [-0.25, -0.2) is 0 Å². The zero-order valence-corrected chi connectivity index (χ0v) is 29.0. The van der Waals surface area contributed by atoms with Crippen molar-refractivity contribution in [1.82, 2.24) is 10.6 Å². The van der Waals surface area contributed by atoms with Gasteiger partial charge in [-0.15, -0.1) is 0 Å². The molecule has 0 heterocycles. The summed E-state index contributed by atoms with van der Waals surface area (Å²) >= 11 is 0. The molecule has 1 aliphatic rings. The van der Waals surface area contributed by atoms with Crippen LogP contribution in [0.15, 0.2) is 164 Å². The summed E-state index contributed by atoms with van der Waals surface area (Å²) in [5.74, 6) is 0. The molecule has 9 rings (SSSR count). The van der Waals surface area contributed by atoms with Crippen LogP contribution in [0.25, 0.3) is 54.6 Å². The fourth-order valence-corrected chi connectivity index (χ4v) is 8.47. The molecule has 4 N–H and O–H groups in total. The quantitative estimate of drug-likeness (QED) is 0.0864. The van der Waals surface area contributed by atoms with Crippen LogP contribution in [0.5, 0.6) is 0 Å². The Morgan fingerprint density at radius 3 is 2.04 bits per heavy atom. The van der Waals surface area contributed by atoms with E-state index in [9.17, 15) is 0 Å². The van der Waals surface area contributed by atoms with Crippen LogP contribution in [-0.2, 0) is 12.0 Å². The largest absolute Gasteiger partial charge is 0.312 e. The minimum absolute atomic E-state index is 0.0828. The van der Waals surface area contributed by atoms with Gasteiger partial charge in [-0.2, -0.15) is 0 Å². The number of hydrogen-bond acceptors (Lipinski definition) is 3. The highest BCUT2D eigenvalue weighted by molar-refractivity contribution is 6.20. The van der Waals surface area contributed by atoms with Gasteiger partial charge in [0.05, 0.1) is 12.3 Å². The molecule has 0 radical (unpaired) electrons. The molecule has 8 aromatic rings. The van der Waals surface area contributed by atoms with Gasteiger partial charge in [0, 0.05) is 12.0 Å². The van der Waals surface area contributed by atoms with Crippen LogP contribution in [0.2, 0.25) is 0 Å². The second-order valence-corrected chi connectivity index (χ2v) is 14.3. The van der Waals surface area contributed by atoms with Gasteiger partial charge in [0.15, 0.2) is 0 Å². The lowest BCUT2D eigenvalue weighted by atomic mass is 9.82. The SMILES string of the molecule is CC1(C)c2ccccc2-c2c(C(N)NC(NCc3ccccc3-c3c4ccccc4cc4c3ccc3ccccc34)c3ccccc3)cccc21. The van der Waals surface area contributed by atoms with Crippen molar-refractivity contribution in [3.63, 3.8) is 0 Å². The Hall–Kier alpha value is -5.58. The van der Waals surface area contributed by atoms with Crippen molar-refractivity contribution >= 4 is 32.3 Å². The van der Waals surface area contributed by atoms with Gasteiger partial charge in [-0.1, -0.05) is 172 Å². The molecule has 248 valence electrons. The fraction of sp³-hybridized carbons (Fsp3) is 0.125. The fourth-order valence-electron chi connectivity index (χ4n) is 8.47. The molecule has 0 amide bonds. The van der Waals surface area contributed by atoms with Crippen LogP contribution in [-0.4, -0.2) is 0 Å². The van der Waals surface area contributed by atoms with Gasteiger partial charge in [-0.05, 0) is 88.5 Å². The Morgan fingerprint density at radius 2 is 1.20 bits per heavy atom. The summed E-state index contributed by atoms with van der Waals surface area (Å²) in [6.45, 7) is 5.28. The van der Waals surface area contributed by atoms with Crippen molar-refractivity contribution < 1.29 is 0 Å². The summed E-state index contributed by atoms with van der Waals surface area (Å²) in [5.41, 5.74) is 18.3. The molecule has 8 aromatic carbocycles. The number of rotatable bonds is 8. The van der Waals surface area contributed by atoms with E-state index < -0.39 is 6.17 Å². The highest BCUT2D eigenvalue weighted by Crippen LogP contribution is 2.50. The lowest BCUT2D eigenvalue weighted by Crippen LogP contribution is -2.40. The van der Waals surface area contributed by atoms with Crippen LogP contribution in [0, 0.1) is 0 Å². The first-order valence-corrected chi connectivity index (χ1v) is 17.9. The van der Waals surface area contributed by atoms with Gasteiger partial charge in [0.25, 0.3) is 0 Å². The van der Waals surface area contributed by atoms with Crippen LogP contribution in [0.3, 0.4) is 0 Å². The molecule has 0 bridgehead atoms. The van der Waals surface area contributed by atoms with Crippen molar-refractivity contribution in [2.45, 2.75) is 38.1 Å². The van der Waals surface area contributed by atoms with E-state index in [-0.39, 0.29) is 11.6 Å². The average molecular weight is 660 g/mol. The van der Waals surface area contributed by atoms with E-state index >= 15 is 0 Å². The second kappa shape index (κ2) is 12.6. The van der Waals surface area contributed by atoms with Crippen molar-refractivity contribution in [3.8, 4) is 22.3 Å². The van der Waals surface area contributed by atoms with Crippen LogP contribution >= 0.6 is 0 Å². The highest BCUT2D eigenvalue weighted by Gasteiger charge is 2.37. The summed E-state index contributed by atoms with van der Waals surface area (Å²) < 4.78 is 0. The summed E-state index contributed by atoms with van der Waals surface area (Å²) in [6.07, 6.45) is -0.590. The Balaban J connectivity index is 1.10. The first-order valence-electron chi connectivity index (χ1n) is 17.9. The lowest BCUT2D eigenvalue weighted by molar-refractivity contribution is 0.386. The first kappa shape index (κ1) is 31.4. The van der Waals surface area contributed by atoms with Gasteiger partial charge < -0.3 is 5.73 Å². The number of nitrogens with one attached hydrogen (secondary N) is 2. The summed E-state index contributed by atoms with van der Waals surface area (Å²) in [4.78, 5) is 0. The molecule has 3 nitrogen and oxygen atoms in total. The summed E-state index contributed by atoms with van der Waals surface area (Å²) in [5, 5.41) is 15.3. The number of hydrogen-bond donors (Lipinski definition) is 3. The van der Waals surface area contributed by atoms with E-state index in [1.165, 1.54) is 71.3 Å². The maximum atomic E-state index is 7.16. The third-order valence-corrected chi connectivity index (χ3v) is 11.0. The molecule has 0 spiro atoms. The Kier molecular flexibility index (Phi) is 7.78. The predicted molar refractivity (Wildman–Crippen MR) is 214 cm³/mol. The maximum Gasteiger partial charge on any atom is 0.0852 e. The van der Waals surface area contributed by atoms with E-state index in [0.717, 1.165) is 11.1 Å². The monoisotopic (exact) mass is 659 g/mol. The molecule has 0 saturated heterocycles. The van der Waals surface area contributed by atoms with E-state index in [4.69, 9.17) is 5.73 Å². The Bertz CT molecular complexity index is 2570. The van der Waals surface area contributed by atoms with E-state index in [1.807, 2.05) is 0 Å². The third-order valence-electron chi connectivity index (χ3n) is 11.0. The molecule has 51 heavy (non-hydrogen) atoms. The number of benzene rings is 8. The van der Waals surface area contributed by atoms with Crippen LogP contribution in [0.4, 0.5) is 0 Å². The zero-order valence-electron chi connectivity index (χ0n) is 29.0. The lowest BCUT2D eigenvalue weighted by Gasteiger charge is -2.28. The Morgan fingerprint density at radius 1 is 0.529 bits per heavy atom. The second-order valence-electron chi connectivity index (χ2n) is 14.3. The highest BCUT2D eigenvalue weighted by atomic mass is 15.2. The molecule has 0 aliphatic heterocycles. The molecule has 1 aliphatic carbocycles. The smallest absolute Gasteiger partial charge is 0.0852 e. The van der Waals surface area contributed by atoms with Gasteiger partial charge in [0.1, 0.15) is 0 Å². The molecule has 0 aromatic heterocycles. The van der Waals surface area contributed by atoms with Crippen LogP contribution in [0.1, 0.15) is 54.0 Å². The number of fused-ring (bicyclic) bond motifs is 7. The van der Waals surface area contributed by atoms with Gasteiger partial charge in [0.2, 0.25) is 0 Å². The summed E-state index contributed by atoms with van der Waals surface area (Å²) in [7, 11) is 0. The van der Waals surface area contributed by atoms with E-state index in [0.29, 0.717) is 6.54 Å². The first-order chi connectivity index (χ1) is 25.0. The molecular weight excluding hydrogens is 619 g/mol. The van der Waals surface area contributed by atoms with Gasteiger partial charge in [-0.3, -0.25) is 10.6 Å². The molecular formula is C48H41N3. The molecule has 2 unspecified atom stereocenters. The van der Waals surface area contributed by atoms with Crippen LogP contribution < -0.4 is 16.4 Å². The topological polar surface area (TPSA) is 50.1 Å². The molecule has 3 heteroatoms. The number of nitrogens with two attached hydrogens (primary N) is 1. The Labute approximate surface area is 299 Å². The molecule has 0 saturated carbocycles. The third kappa shape index (κ3) is 5.33. The maximum absolute atomic E-state index is 7.16. The zero-order chi connectivity index (χ0) is 34.5. The van der Waals surface area contributed by atoms with Crippen molar-refractivity contribution in [2.75, 3.05) is 0 Å². The van der Waals surface area contributed by atoms with Crippen molar-refractivity contribution in [3.05, 3.63) is 192 Å². The molecule has 0 fully saturated rings. The minimum atomic E-state index is -0.398. The van der Waals surface area contributed by atoms with Crippen molar-refractivity contribution in [1.29, 1.82) is 0 Å². The van der Waals surface area contributed by atoms with Gasteiger partial charge >= 0.3 is 0 Å². The summed E-state index contributed by atoms with van der Waals surface area (Å²) in [6, 6.07) is 59.2. The van der Waals surface area contributed by atoms with E-state index in [1.54, 1.807) is 0 Å². The standard InChI is InChI=1S/C48H41N3/c1-48(2)42-25-13-12-23-39(42)45-40(24-14-26-43(45)48)46(49)51-47(32-16-4-3-5-17-32)50-30-34-19-8-11-22-37(34)44-36-21-10-7-18-33(36)29-41-35-20-9-6-15-31(35)27-28-38(41)44/h3-29,46-47,50-51H,30,49H2,1-2H3. The molecule has 2 atom stereocenters. The van der Waals surface area contributed by atoms with E-state index in [2.05, 4.69) is 188 Å². The average Bonchev–Trinajstić information content (AvgIpc) is 3.42.